The van der Waals surface area contributed by atoms with Crippen molar-refractivity contribution in [3.05, 3.63) is 68.3 Å². The predicted octanol–water partition coefficient (Wildman–Crippen LogP) is 4.01. The van der Waals surface area contributed by atoms with Crippen LogP contribution in [-0.4, -0.2) is 22.1 Å². The molecular weight excluding hydrogens is 370 g/mol. The molecule has 0 fully saturated rings. The summed E-state index contributed by atoms with van der Waals surface area (Å²) < 4.78 is 20.2. The highest BCUT2D eigenvalue weighted by Crippen LogP contribution is 2.22. The molecule has 3 aromatic rings. The van der Waals surface area contributed by atoms with Crippen molar-refractivity contribution in [3.63, 3.8) is 0 Å². The number of hydrogen-bond acceptors (Lipinski definition) is 4. The zero-order chi connectivity index (χ0) is 18.1. The fraction of sp³-hybridized carbons (Fsp3) is 0.118. The average molecular weight is 381 g/mol. The van der Waals surface area contributed by atoms with E-state index in [-0.39, 0.29) is 28.4 Å². The lowest BCUT2D eigenvalue weighted by molar-refractivity contribution is 0.0524. The van der Waals surface area contributed by atoms with Gasteiger partial charge in [-0.1, -0.05) is 23.2 Å². The van der Waals surface area contributed by atoms with E-state index in [1.807, 2.05) is 0 Å². The van der Waals surface area contributed by atoms with Crippen LogP contribution in [0.15, 0.2) is 41.3 Å². The van der Waals surface area contributed by atoms with Gasteiger partial charge in [-0.25, -0.2) is 14.2 Å². The van der Waals surface area contributed by atoms with Gasteiger partial charge in [-0.05, 0) is 37.3 Å². The molecule has 0 atom stereocenters. The first-order chi connectivity index (χ1) is 11.9. The summed E-state index contributed by atoms with van der Waals surface area (Å²) in [5.74, 6) is -1.65. The number of halogens is 3. The molecule has 2 aromatic heterocycles. The van der Waals surface area contributed by atoms with Crippen molar-refractivity contribution in [2.24, 2.45) is 0 Å². The van der Waals surface area contributed by atoms with Gasteiger partial charge >= 0.3 is 5.97 Å². The molecule has 0 saturated heterocycles. The zero-order valence-corrected chi connectivity index (χ0v) is 14.4. The van der Waals surface area contributed by atoms with Gasteiger partial charge in [0, 0.05) is 16.9 Å². The van der Waals surface area contributed by atoms with Crippen LogP contribution in [0.5, 0.6) is 0 Å². The molecule has 0 aliphatic carbocycles. The predicted molar refractivity (Wildman–Crippen MR) is 93.3 cm³/mol. The average Bonchev–Trinajstić information content (AvgIpc) is 2.58. The highest BCUT2D eigenvalue weighted by Gasteiger charge is 2.19. The number of rotatable bonds is 3. The van der Waals surface area contributed by atoms with Crippen LogP contribution >= 0.6 is 23.2 Å². The summed E-state index contributed by atoms with van der Waals surface area (Å²) in [7, 11) is 0. The minimum Gasteiger partial charge on any atom is -0.462 e. The van der Waals surface area contributed by atoms with Gasteiger partial charge in [0.25, 0.3) is 0 Å². The Morgan fingerprint density at radius 1 is 1.28 bits per heavy atom. The van der Waals surface area contributed by atoms with E-state index < -0.39 is 17.2 Å². The maximum atomic E-state index is 13.8. The number of carbonyl (C=O) groups is 1. The molecular formula is C17H11Cl2FN2O3. The van der Waals surface area contributed by atoms with E-state index in [0.29, 0.717) is 10.7 Å². The van der Waals surface area contributed by atoms with Crippen LogP contribution in [0, 0.1) is 5.82 Å². The fourth-order valence-corrected chi connectivity index (χ4v) is 2.62. The number of pyridine rings is 2. The van der Waals surface area contributed by atoms with Gasteiger partial charge in [-0.3, -0.25) is 4.79 Å². The summed E-state index contributed by atoms with van der Waals surface area (Å²) in [6, 6.07) is 7.56. The van der Waals surface area contributed by atoms with Crippen LogP contribution in [0.2, 0.25) is 10.2 Å². The second-order valence-corrected chi connectivity index (χ2v) is 5.87. The third-order valence-corrected chi connectivity index (χ3v) is 4.01. The first kappa shape index (κ1) is 17.4. The number of carbonyl (C=O) groups excluding carboxylic acids is 1. The smallest absolute Gasteiger partial charge is 0.343 e. The Kier molecular flexibility index (Phi) is 4.74. The second-order valence-electron chi connectivity index (χ2n) is 5.07. The minimum absolute atomic E-state index is 0.0811. The molecule has 0 spiro atoms. The van der Waals surface area contributed by atoms with Crippen LogP contribution < -0.4 is 5.43 Å². The maximum absolute atomic E-state index is 13.8. The molecule has 25 heavy (non-hydrogen) atoms. The van der Waals surface area contributed by atoms with Crippen molar-refractivity contribution in [2.75, 3.05) is 6.61 Å². The van der Waals surface area contributed by atoms with Crippen molar-refractivity contribution < 1.29 is 13.9 Å². The molecule has 0 N–H and O–H groups in total. The molecule has 0 aliphatic heterocycles. The molecule has 3 rings (SSSR count). The van der Waals surface area contributed by atoms with Crippen LogP contribution in [0.1, 0.15) is 17.3 Å². The van der Waals surface area contributed by atoms with Crippen molar-refractivity contribution in [3.8, 4) is 5.69 Å². The van der Waals surface area contributed by atoms with Crippen LogP contribution in [0.25, 0.3) is 16.7 Å². The standard InChI is InChI=1S/C17H11Cl2FN2O3/c1-2-25-17(24)12-8-22(10-5-3-9(18)4-6-10)16-11(14(12)23)7-13(20)15(19)21-16/h3-8H,2H2,1H3. The topological polar surface area (TPSA) is 61.2 Å². The second kappa shape index (κ2) is 6.82. The summed E-state index contributed by atoms with van der Waals surface area (Å²) in [4.78, 5) is 28.6. The summed E-state index contributed by atoms with van der Waals surface area (Å²) >= 11 is 11.7. The summed E-state index contributed by atoms with van der Waals surface area (Å²) in [5, 5.41) is 0.0534. The molecule has 0 amide bonds. The summed E-state index contributed by atoms with van der Waals surface area (Å²) in [6.07, 6.45) is 1.30. The Balaban J connectivity index is 2.39. The number of esters is 1. The van der Waals surface area contributed by atoms with Crippen molar-refractivity contribution >= 4 is 40.2 Å². The van der Waals surface area contributed by atoms with E-state index >= 15 is 0 Å². The molecule has 5 nitrogen and oxygen atoms in total. The molecule has 8 heteroatoms. The number of fused-ring (bicyclic) bond motifs is 1. The largest absolute Gasteiger partial charge is 0.462 e. The SMILES string of the molecule is CCOC(=O)c1cn(-c2ccc(Cl)cc2)c2nc(Cl)c(F)cc2c1=O. The fourth-order valence-electron chi connectivity index (χ4n) is 2.35. The number of nitrogens with zero attached hydrogens (tertiary/aromatic N) is 2. The van der Waals surface area contributed by atoms with Gasteiger partial charge in [-0.15, -0.1) is 0 Å². The Hall–Kier alpha value is -2.44. The van der Waals surface area contributed by atoms with E-state index in [0.717, 1.165) is 6.07 Å². The third kappa shape index (κ3) is 3.23. The van der Waals surface area contributed by atoms with Crippen molar-refractivity contribution in [1.82, 2.24) is 9.55 Å². The molecule has 1 aromatic carbocycles. The Morgan fingerprint density at radius 3 is 2.60 bits per heavy atom. The lowest BCUT2D eigenvalue weighted by Crippen LogP contribution is -2.21. The van der Waals surface area contributed by atoms with E-state index in [2.05, 4.69) is 4.98 Å². The first-order valence-electron chi connectivity index (χ1n) is 7.27. The van der Waals surface area contributed by atoms with Crippen molar-refractivity contribution in [2.45, 2.75) is 6.92 Å². The minimum atomic E-state index is -0.852. The summed E-state index contributed by atoms with van der Waals surface area (Å²) in [6.45, 7) is 1.72. The first-order valence-corrected chi connectivity index (χ1v) is 8.02. The molecule has 128 valence electrons. The molecule has 0 unspecified atom stereocenters. The van der Waals surface area contributed by atoms with E-state index in [9.17, 15) is 14.0 Å². The number of benzene rings is 1. The van der Waals surface area contributed by atoms with Gasteiger partial charge in [-0.2, -0.15) is 0 Å². The van der Waals surface area contributed by atoms with Crippen LogP contribution in [0.4, 0.5) is 4.39 Å². The van der Waals surface area contributed by atoms with Gasteiger partial charge in [0.1, 0.15) is 11.2 Å². The zero-order valence-electron chi connectivity index (χ0n) is 12.9. The molecule has 0 saturated carbocycles. The summed E-state index contributed by atoms with van der Waals surface area (Å²) in [5.41, 5.74) is -0.226. The van der Waals surface area contributed by atoms with Gasteiger partial charge in [0.15, 0.2) is 11.0 Å². The van der Waals surface area contributed by atoms with E-state index in [4.69, 9.17) is 27.9 Å². The molecule has 2 heterocycles. The van der Waals surface area contributed by atoms with Gasteiger partial charge < -0.3 is 9.30 Å². The highest BCUT2D eigenvalue weighted by molar-refractivity contribution is 6.30. The molecule has 0 bridgehead atoms. The van der Waals surface area contributed by atoms with Gasteiger partial charge in [0.05, 0.1) is 12.0 Å². The molecule has 0 radical (unpaired) electrons. The number of hydrogen-bond donors (Lipinski definition) is 0. The number of ether oxygens (including phenoxy) is 1. The van der Waals surface area contributed by atoms with E-state index in [1.54, 1.807) is 31.2 Å². The number of aromatic nitrogens is 2. The van der Waals surface area contributed by atoms with Gasteiger partial charge in [0.2, 0.25) is 5.43 Å². The Labute approximate surface area is 151 Å². The third-order valence-electron chi connectivity index (χ3n) is 3.49. The highest BCUT2D eigenvalue weighted by atomic mass is 35.5. The Bertz CT molecular complexity index is 1030. The monoisotopic (exact) mass is 380 g/mol. The quantitative estimate of drug-likeness (QED) is 0.508. The van der Waals surface area contributed by atoms with E-state index in [1.165, 1.54) is 10.8 Å². The lowest BCUT2D eigenvalue weighted by atomic mass is 10.1. The van der Waals surface area contributed by atoms with Crippen LogP contribution in [0.3, 0.4) is 0 Å². The Morgan fingerprint density at radius 2 is 1.96 bits per heavy atom. The van der Waals surface area contributed by atoms with Crippen LogP contribution in [-0.2, 0) is 4.74 Å². The lowest BCUT2D eigenvalue weighted by Gasteiger charge is -2.13. The normalized spacial score (nSPS) is 10.9. The van der Waals surface area contributed by atoms with Crippen molar-refractivity contribution in [1.29, 1.82) is 0 Å². The molecule has 0 aliphatic rings. The maximum Gasteiger partial charge on any atom is 0.343 e.